The molecule has 6 nitrogen and oxygen atoms in total. The second kappa shape index (κ2) is 9.34. The van der Waals surface area contributed by atoms with Crippen LogP contribution in [-0.2, 0) is 23.9 Å². The molecule has 8 atom stereocenters. The Labute approximate surface area is 222 Å². The topological polar surface area (TPSA) is 97.7 Å². The fourth-order valence-corrected chi connectivity index (χ4v) is 9.06. The van der Waals surface area contributed by atoms with Crippen LogP contribution >= 0.6 is 0 Å². The molecule has 1 N–H and O–H groups in total. The van der Waals surface area contributed by atoms with E-state index in [1.807, 2.05) is 13.0 Å². The molecule has 4 rings (SSSR count). The van der Waals surface area contributed by atoms with Crippen molar-refractivity contribution in [2.45, 2.75) is 99.3 Å². The van der Waals surface area contributed by atoms with Gasteiger partial charge in [0.15, 0.2) is 5.78 Å². The van der Waals surface area contributed by atoms with Gasteiger partial charge >= 0.3 is 11.9 Å². The van der Waals surface area contributed by atoms with Crippen molar-refractivity contribution in [3.63, 3.8) is 0 Å². The maximum Gasteiger partial charge on any atom is 0.314 e. The van der Waals surface area contributed by atoms with Crippen LogP contribution in [0.15, 0.2) is 11.6 Å². The van der Waals surface area contributed by atoms with Gasteiger partial charge in [-0.25, -0.2) is 0 Å². The summed E-state index contributed by atoms with van der Waals surface area (Å²) in [6.07, 6.45) is 8.69. The molecule has 0 aromatic rings. The zero-order chi connectivity index (χ0) is 27.6. The summed E-state index contributed by atoms with van der Waals surface area (Å²) in [5, 5.41) is 9.91. The number of carboxylic acid groups (broad SMARTS) is 1. The van der Waals surface area contributed by atoms with Gasteiger partial charge in [0.05, 0.1) is 13.0 Å². The van der Waals surface area contributed by atoms with Crippen LogP contribution in [0.4, 0.5) is 0 Å². The number of carbonyl (C=O) groups is 4. The lowest BCUT2D eigenvalue weighted by atomic mass is 9.38. The molecule has 0 aliphatic heterocycles. The van der Waals surface area contributed by atoms with Crippen molar-refractivity contribution < 1.29 is 29.0 Å². The number of fused-ring (bicyclic) bond motifs is 5. The van der Waals surface area contributed by atoms with Crippen molar-refractivity contribution >= 4 is 23.5 Å². The standard InChI is InChI=1S/C31H46O6/c1-18-21-11-15-31(6)24(29(21,4)17-20(25(18)33)26(34)35)16-23(32)22-10-13-28(2,3)12-8-19(27(36)37-7)9-14-30(22,31)5/h16,18-22H,8-15,17H2,1-7H3,(H,34,35)/t18-,19-,20?,21-,22?,29-,30+,31+/m0/s1. The molecule has 6 heteroatoms. The molecule has 3 saturated carbocycles. The number of ether oxygens (including phenoxy) is 1. The number of Topliss-reactive ketones (excluding diaryl/α,β-unsaturated/α-hetero) is 1. The maximum absolute atomic E-state index is 14.0. The molecule has 0 bridgehead atoms. The third kappa shape index (κ3) is 4.30. The Hall–Kier alpha value is -1.98. The van der Waals surface area contributed by atoms with Crippen LogP contribution in [0.2, 0.25) is 0 Å². The fourth-order valence-electron chi connectivity index (χ4n) is 9.06. The number of aliphatic carboxylic acids is 1. The van der Waals surface area contributed by atoms with Gasteiger partial charge in [-0.2, -0.15) is 0 Å². The number of ketones is 2. The van der Waals surface area contributed by atoms with E-state index in [1.165, 1.54) is 7.11 Å². The summed E-state index contributed by atoms with van der Waals surface area (Å²) < 4.78 is 5.19. The summed E-state index contributed by atoms with van der Waals surface area (Å²) in [6.45, 7) is 13.0. The summed E-state index contributed by atoms with van der Waals surface area (Å²) in [5.41, 5.74) is -0.136. The Morgan fingerprint density at radius 3 is 2.19 bits per heavy atom. The third-order valence-electron chi connectivity index (χ3n) is 11.8. The summed E-state index contributed by atoms with van der Waals surface area (Å²) in [7, 11) is 1.45. The average Bonchev–Trinajstić information content (AvgIpc) is 2.82. The van der Waals surface area contributed by atoms with E-state index in [0.717, 1.165) is 50.5 Å². The van der Waals surface area contributed by atoms with E-state index in [-0.39, 0.29) is 63.9 Å². The average molecular weight is 515 g/mol. The minimum Gasteiger partial charge on any atom is -0.481 e. The number of rotatable bonds is 2. The van der Waals surface area contributed by atoms with E-state index in [4.69, 9.17) is 4.74 Å². The molecule has 0 amide bonds. The van der Waals surface area contributed by atoms with Gasteiger partial charge in [-0.3, -0.25) is 19.2 Å². The van der Waals surface area contributed by atoms with E-state index in [9.17, 15) is 24.3 Å². The minimum atomic E-state index is -1.06. The molecule has 4 aliphatic rings. The van der Waals surface area contributed by atoms with Crippen LogP contribution in [0.3, 0.4) is 0 Å². The quantitative estimate of drug-likeness (QED) is 0.357. The van der Waals surface area contributed by atoms with Crippen molar-refractivity contribution in [1.29, 1.82) is 0 Å². The van der Waals surface area contributed by atoms with Crippen molar-refractivity contribution in [2.75, 3.05) is 7.11 Å². The monoisotopic (exact) mass is 514 g/mol. The SMILES string of the molecule is COC(=O)[C@H]1CCC(C)(C)CCC2C(=O)C=C3[C@@]4(C)CC(C(=O)O)C(=O)[C@@H](C)[C@@H]4CC[C@@]3(C)[C@]2(C)CC1. The van der Waals surface area contributed by atoms with Crippen molar-refractivity contribution in [2.24, 2.45) is 51.2 Å². The minimum absolute atomic E-state index is 0.0210. The van der Waals surface area contributed by atoms with E-state index in [0.29, 0.717) is 6.42 Å². The maximum atomic E-state index is 14.0. The summed E-state index contributed by atoms with van der Waals surface area (Å²) >= 11 is 0. The summed E-state index contributed by atoms with van der Waals surface area (Å²) in [6, 6.07) is 0. The molecule has 37 heavy (non-hydrogen) atoms. The smallest absolute Gasteiger partial charge is 0.314 e. The molecule has 0 spiro atoms. The number of allylic oxidation sites excluding steroid dienone is 2. The first kappa shape index (κ1) is 28.0. The predicted molar refractivity (Wildman–Crippen MR) is 141 cm³/mol. The summed E-state index contributed by atoms with van der Waals surface area (Å²) in [5.74, 6) is -2.95. The lowest BCUT2D eigenvalue weighted by Gasteiger charge is -2.65. The number of hydrogen-bond donors (Lipinski definition) is 1. The number of carbonyl (C=O) groups excluding carboxylic acids is 3. The van der Waals surface area contributed by atoms with Gasteiger partial charge in [0.25, 0.3) is 0 Å². The Morgan fingerprint density at radius 2 is 1.57 bits per heavy atom. The molecule has 2 unspecified atom stereocenters. The van der Waals surface area contributed by atoms with Crippen molar-refractivity contribution in [1.82, 2.24) is 0 Å². The first-order valence-corrected chi connectivity index (χ1v) is 14.2. The van der Waals surface area contributed by atoms with Crippen molar-refractivity contribution in [3.05, 3.63) is 11.6 Å². The predicted octanol–water partition coefficient (Wildman–Crippen LogP) is 6.02. The zero-order valence-corrected chi connectivity index (χ0v) is 23.8. The number of hydrogen-bond acceptors (Lipinski definition) is 5. The molecule has 0 radical (unpaired) electrons. The fraction of sp³-hybridized carbons (Fsp3) is 0.806. The van der Waals surface area contributed by atoms with Crippen LogP contribution in [0, 0.1) is 51.2 Å². The van der Waals surface area contributed by atoms with Crippen LogP contribution in [0.5, 0.6) is 0 Å². The lowest BCUT2D eigenvalue weighted by molar-refractivity contribution is -0.158. The highest BCUT2D eigenvalue weighted by molar-refractivity contribution is 6.01. The Bertz CT molecular complexity index is 1020. The van der Waals surface area contributed by atoms with E-state index in [2.05, 4.69) is 34.6 Å². The number of esters is 1. The molecule has 0 heterocycles. The molecule has 4 aliphatic carbocycles. The normalized spacial score (nSPS) is 44.0. The Morgan fingerprint density at radius 1 is 0.946 bits per heavy atom. The highest BCUT2D eigenvalue weighted by Crippen LogP contribution is 2.70. The lowest BCUT2D eigenvalue weighted by Crippen LogP contribution is -2.60. The van der Waals surface area contributed by atoms with Crippen molar-refractivity contribution in [3.8, 4) is 0 Å². The van der Waals surface area contributed by atoms with Gasteiger partial charge in [-0.1, -0.05) is 47.1 Å². The van der Waals surface area contributed by atoms with Crippen LogP contribution < -0.4 is 0 Å². The van der Waals surface area contributed by atoms with Gasteiger partial charge in [-0.05, 0) is 91.4 Å². The second-order valence-corrected chi connectivity index (χ2v) is 14.1. The second-order valence-electron chi connectivity index (χ2n) is 14.1. The molecule has 206 valence electrons. The largest absolute Gasteiger partial charge is 0.481 e. The zero-order valence-electron chi connectivity index (χ0n) is 23.8. The van der Waals surface area contributed by atoms with Gasteiger partial charge in [0, 0.05) is 11.8 Å². The highest BCUT2D eigenvalue weighted by Gasteiger charge is 2.65. The van der Waals surface area contributed by atoms with Crippen LogP contribution in [-0.4, -0.2) is 35.7 Å². The van der Waals surface area contributed by atoms with Crippen LogP contribution in [0.1, 0.15) is 99.3 Å². The molecular weight excluding hydrogens is 468 g/mol. The number of methoxy groups -OCH3 is 1. The van der Waals surface area contributed by atoms with Gasteiger partial charge in [-0.15, -0.1) is 0 Å². The summed E-state index contributed by atoms with van der Waals surface area (Å²) in [4.78, 5) is 51.9. The molecule has 0 aromatic heterocycles. The molecule has 0 saturated heterocycles. The van der Waals surface area contributed by atoms with Gasteiger partial charge in [0.2, 0.25) is 0 Å². The first-order chi connectivity index (χ1) is 17.1. The Balaban J connectivity index is 1.82. The molecule has 3 fully saturated rings. The van der Waals surface area contributed by atoms with Crippen LogP contribution in [0.25, 0.3) is 0 Å². The highest BCUT2D eigenvalue weighted by atomic mass is 16.5. The Kier molecular flexibility index (Phi) is 7.08. The molecular formula is C31H46O6. The molecule has 0 aromatic carbocycles. The van der Waals surface area contributed by atoms with E-state index in [1.54, 1.807) is 0 Å². The third-order valence-corrected chi connectivity index (χ3v) is 11.8. The first-order valence-electron chi connectivity index (χ1n) is 14.2. The van der Waals surface area contributed by atoms with Gasteiger partial charge < -0.3 is 9.84 Å². The van der Waals surface area contributed by atoms with E-state index < -0.39 is 17.3 Å². The van der Waals surface area contributed by atoms with E-state index >= 15 is 0 Å². The number of carboxylic acids is 1. The van der Waals surface area contributed by atoms with Gasteiger partial charge in [0.1, 0.15) is 11.7 Å².